The molecule has 0 saturated carbocycles. The molecule has 1 N–H and O–H groups in total. The number of rotatable bonds is 8. The highest BCUT2D eigenvalue weighted by molar-refractivity contribution is 5.81. The lowest BCUT2D eigenvalue weighted by atomic mass is 9.76. The van der Waals surface area contributed by atoms with Crippen molar-refractivity contribution in [2.75, 3.05) is 31.2 Å². The molecule has 2 aliphatic heterocycles. The Morgan fingerprint density at radius 3 is 2.72 bits per heavy atom. The summed E-state index contributed by atoms with van der Waals surface area (Å²) in [6.07, 6.45) is 4.16. The van der Waals surface area contributed by atoms with Crippen molar-refractivity contribution in [1.29, 1.82) is 0 Å². The van der Waals surface area contributed by atoms with Gasteiger partial charge in [-0.15, -0.1) is 0 Å². The van der Waals surface area contributed by atoms with Gasteiger partial charge in [0.2, 0.25) is 5.72 Å². The second-order valence-corrected chi connectivity index (χ2v) is 8.84. The summed E-state index contributed by atoms with van der Waals surface area (Å²) >= 11 is 0. The molecule has 2 aliphatic rings. The van der Waals surface area contributed by atoms with E-state index < -0.39 is 28.1 Å². The Balaban J connectivity index is 1.51. The number of carbonyl (C=O) groups excluding carboxylic acids is 2. The number of nitrogens with one attached hydrogen (secondary N) is 1. The SMILES string of the molecule is C=CC(=O)OCCNC(=O)OCCN1c2ccccc2C(C)(C)C12C=Cc1cc([N+](=O)[O-])ccc1O2. The van der Waals surface area contributed by atoms with Gasteiger partial charge in [-0.3, -0.25) is 10.1 Å². The molecule has 0 aliphatic carbocycles. The molecule has 1 unspecified atom stereocenters. The van der Waals surface area contributed by atoms with Crippen LogP contribution in [0.5, 0.6) is 5.75 Å². The second-order valence-electron chi connectivity index (χ2n) is 8.84. The minimum absolute atomic E-state index is 0.00690. The lowest BCUT2D eigenvalue weighted by Crippen LogP contribution is -2.60. The zero-order chi connectivity index (χ0) is 25.9. The van der Waals surface area contributed by atoms with Crippen LogP contribution in [0.4, 0.5) is 16.2 Å². The molecule has 10 nitrogen and oxygen atoms in total. The number of anilines is 1. The van der Waals surface area contributed by atoms with E-state index in [0.29, 0.717) is 17.9 Å². The van der Waals surface area contributed by atoms with Crippen LogP contribution < -0.4 is 15.0 Å². The first-order chi connectivity index (χ1) is 17.2. The van der Waals surface area contributed by atoms with Gasteiger partial charge < -0.3 is 24.4 Å². The van der Waals surface area contributed by atoms with E-state index in [1.165, 1.54) is 12.1 Å². The molecule has 10 heteroatoms. The number of alkyl carbamates (subject to hydrolysis) is 1. The van der Waals surface area contributed by atoms with Crippen molar-refractivity contribution in [3.8, 4) is 5.75 Å². The maximum absolute atomic E-state index is 12.1. The third-order valence-electron chi connectivity index (χ3n) is 6.45. The van der Waals surface area contributed by atoms with Crippen molar-refractivity contribution in [3.05, 3.63) is 82.4 Å². The van der Waals surface area contributed by atoms with E-state index in [2.05, 4.69) is 25.7 Å². The number of amides is 1. The van der Waals surface area contributed by atoms with Crippen LogP contribution in [0, 0.1) is 10.1 Å². The topological polar surface area (TPSA) is 120 Å². The molecule has 4 rings (SSSR count). The molecule has 1 amide bonds. The highest BCUT2D eigenvalue weighted by Crippen LogP contribution is 2.54. The quantitative estimate of drug-likeness (QED) is 0.193. The summed E-state index contributed by atoms with van der Waals surface area (Å²) in [5, 5.41) is 13.7. The number of nitrogens with zero attached hydrogens (tertiary/aromatic N) is 2. The van der Waals surface area contributed by atoms with Gasteiger partial charge in [0.1, 0.15) is 19.0 Å². The fourth-order valence-electron chi connectivity index (χ4n) is 4.64. The van der Waals surface area contributed by atoms with Crippen LogP contribution in [0.25, 0.3) is 6.08 Å². The average Bonchev–Trinajstić information content (AvgIpc) is 3.04. The first-order valence-corrected chi connectivity index (χ1v) is 11.4. The smallest absolute Gasteiger partial charge is 0.407 e. The predicted octanol–water partition coefficient (Wildman–Crippen LogP) is 3.95. The fourth-order valence-corrected chi connectivity index (χ4v) is 4.64. The number of nitro benzene ring substituents is 1. The van der Waals surface area contributed by atoms with Crippen LogP contribution in [-0.4, -0.2) is 49.0 Å². The van der Waals surface area contributed by atoms with Gasteiger partial charge in [0.05, 0.1) is 23.4 Å². The molecular weight excluding hydrogens is 466 g/mol. The van der Waals surface area contributed by atoms with Crippen molar-refractivity contribution in [3.63, 3.8) is 0 Å². The number of benzene rings is 2. The van der Waals surface area contributed by atoms with E-state index in [4.69, 9.17) is 14.2 Å². The maximum atomic E-state index is 12.1. The number of carbonyl (C=O) groups is 2. The van der Waals surface area contributed by atoms with Crippen molar-refractivity contribution < 1.29 is 28.7 Å². The van der Waals surface area contributed by atoms with E-state index >= 15 is 0 Å². The minimum Gasteiger partial charge on any atom is -0.463 e. The molecular formula is C26H27N3O7. The Morgan fingerprint density at radius 2 is 1.97 bits per heavy atom. The summed E-state index contributed by atoms with van der Waals surface area (Å²) in [4.78, 5) is 36.0. The summed E-state index contributed by atoms with van der Waals surface area (Å²) in [5.41, 5.74) is 1.16. The Labute approximate surface area is 208 Å². The van der Waals surface area contributed by atoms with E-state index in [9.17, 15) is 19.7 Å². The number of fused-ring (bicyclic) bond motifs is 2. The lowest BCUT2D eigenvalue weighted by Gasteiger charge is -2.47. The molecule has 36 heavy (non-hydrogen) atoms. The van der Waals surface area contributed by atoms with Crippen LogP contribution in [0.3, 0.4) is 0 Å². The molecule has 0 saturated heterocycles. The molecule has 0 fully saturated rings. The summed E-state index contributed by atoms with van der Waals surface area (Å²) < 4.78 is 16.8. The van der Waals surface area contributed by atoms with Crippen molar-refractivity contribution in [1.82, 2.24) is 5.32 Å². The number of ether oxygens (including phenoxy) is 3. The molecule has 0 radical (unpaired) electrons. The van der Waals surface area contributed by atoms with Crippen LogP contribution in [-0.2, 0) is 19.7 Å². The largest absolute Gasteiger partial charge is 0.463 e. The molecule has 0 bridgehead atoms. The van der Waals surface area contributed by atoms with Gasteiger partial charge in [-0.25, -0.2) is 9.59 Å². The Hall–Kier alpha value is -4.34. The molecule has 2 heterocycles. The van der Waals surface area contributed by atoms with Gasteiger partial charge in [0.15, 0.2) is 0 Å². The van der Waals surface area contributed by atoms with E-state index in [-0.39, 0.29) is 25.4 Å². The fraction of sp³-hybridized carbons (Fsp3) is 0.308. The monoisotopic (exact) mass is 493 g/mol. The van der Waals surface area contributed by atoms with Crippen LogP contribution in [0.2, 0.25) is 0 Å². The number of para-hydroxylation sites is 1. The van der Waals surface area contributed by atoms with E-state index in [1.54, 1.807) is 6.07 Å². The molecule has 1 atom stereocenters. The first kappa shape index (κ1) is 24.8. The van der Waals surface area contributed by atoms with Gasteiger partial charge in [-0.1, -0.05) is 24.8 Å². The highest BCUT2D eigenvalue weighted by Gasteiger charge is 2.58. The summed E-state index contributed by atoms with van der Waals surface area (Å²) in [6, 6.07) is 12.4. The van der Waals surface area contributed by atoms with Gasteiger partial charge in [0.25, 0.3) is 5.69 Å². The molecule has 2 aromatic rings. The Bertz CT molecular complexity index is 1240. The first-order valence-electron chi connectivity index (χ1n) is 11.4. The third-order valence-corrected chi connectivity index (χ3v) is 6.45. The van der Waals surface area contributed by atoms with E-state index in [0.717, 1.165) is 17.3 Å². The third kappa shape index (κ3) is 4.37. The molecule has 188 valence electrons. The predicted molar refractivity (Wildman–Crippen MR) is 133 cm³/mol. The average molecular weight is 494 g/mol. The zero-order valence-electron chi connectivity index (χ0n) is 20.1. The summed E-state index contributed by atoms with van der Waals surface area (Å²) in [6.45, 7) is 7.96. The summed E-state index contributed by atoms with van der Waals surface area (Å²) in [7, 11) is 0. The lowest BCUT2D eigenvalue weighted by molar-refractivity contribution is -0.384. The van der Waals surface area contributed by atoms with Crippen LogP contribution in [0.15, 0.2) is 61.2 Å². The normalized spacial score (nSPS) is 18.6. The number of hydrogen-bond acceptors (Lipinski definition) is 8. The Kier molecular flexibility index (Phi) is 6.69. The maximum Gasteiger partial charge on any atom is 0.407 e. The van der Waals surface area contributed by atoms with Crippen molar-refractivity contribution >= 4 is 29.5 Å². The number of hydrogen-bond donors (Lipinski definition) is 1. The van der Waals surface area contributed by atoms with Gasteiger partial charge in [-0.05, 0) is 43.7 Å². The molecule has 0 aromatic heterocycles. The molecule has 2 aromatic carbocycles. The minimum atomic E-state index is -0.946. The number of esters is 1. The zero-order valence-corrected chi connectivity index (χ0v) is 20.1. The molecule has 1 spiro atoms. The van der Waals surface area contributed by atoms with Crippen molar-refractivity contribution in [2.45, 2.75) is 25.0 Å². The van der Waals surface area contributed by atoms with E-state index in [1.807, 2.05) is 41.3 Å². The van der Waals surface area contributed by atoms with Gasteiger partial charge in [-0.2, -0.15) is 0 Å². The van der Waals surface area contributed by atoms with Crippen LogP contribution >= 0.6 is 0 Å². The van der Waals surface area contributed by atoms with Gasteiger partial charge >= 0.3 is 12.1 Å². The van der Waals surface area contributed by atoms with Crippen molar-refractivity contribution in [2.24, 2.45) is 0 Å². The standard InChI is InChI=1S/C26H27N3O7/c1-4-23(30)34-15-13-27-24(31)35-16-14-28-21-8-6-5-7-20(21)25(2,3)26(28)12-11-18-17-19(29(32)33)9-10-22(18)36-26/h4-12,17H,1,13-16H2,2-3H3,(H,27,31). The highest BCUT2D eigenvalue weighted by atomic mass is 16.6. The number of non-ortho nitro benzene ring substituents is 1. The van der Waals surface area contributed by atoms with Gasteiger partial charge in [0, 0.05) is 29.5 Å². The van der Waals surface area contributed by atoms with Crippen LogP contribution in [0.1, 0.15) is 25.0 Å². The summed E-state index contributed by atoms with van der Waals surface area (Å²) in [5.74, 6) is -0.0378. The number of nitro groups is 1. The Morgan fingerprint density at radius 1 is 1.19 bits per heavy atom. The second kappa shape index (κ2) is 9.73.